The smallest absolute Gasteiger partial charge is 0.255 e. The van der Waals surface area contributed by atoms with Crippen LogP contribution in [0.15, 0.2) is 30.9 Å². The van der Waals surface area contributed by atoms with Crippen molar-refractivity contribution in [2.75, 3.05) is 31.1 Å². The van der Waals surface area contributed by atoms with Gasteiger partial charge in [-0.25, -0.2) is 9.97 Å². The molecule has 0 atom stereocenters. The summed E-state index contributed by atoms with van der Waals surface area (Å²) in [6.45, 7) is 3.54. The number of carbonyl (C=O) groups is 1. The van der Waals surface area contributed by atoms with Crippen molar-refractivity contribution in [2.24, 2.45) is 0 Å². The third kappa shape index (κ3) is 2.84. The van der Waals surface area contributed by atoms with Crippen molar-refractivity contribution in [3.05, 3.63) is 47.7 Å². The molecule has 2 aliphatic heterocycles. The molecule has 1 saturated heterocycles. The van der Waals surface area contributed by atoms with Crippen LogP contribution in [0.1, 0.15) is 34.5 Å². The van der Waals surface area contributed by atoms with Gasteiger partial charge < -0.3 is 9.80 Å². The van der Waals surface area contributed by atoms with Crippen LogP contribution < -0.4 is 4.90 Å². The van der Waals surface area contributed by atoms with Crippen molar-refractivity contribution < 1.29 is 4.79 Å². The van der Waals surface area contributed by atoms with Gasteiger partial charge in [0.1, 0.15) is 12.1 Å². The number of rotatable bonds is 2. The highest BCUT2D eigenvalue weighted by atomic mass is 16.2. The van der Waals surface area contributed by atoms with Crippen LogP contribution in [-0.2, 0) is 12.8 Å². The summed E-state index contributed by atoms with van der Waals surface area (Å²) in [4.78, 5) is 30.0. The fourth-order valence-electron chi connectivity index (χ4n) is 3.59. The number of carbonyl (C=O) groups excluding carboxylic acids is 1. The predicted octanol–water partition coefficient (Wildman–Crippen LogP) is 1.71. The lowest BCUT2D eigenvalue weighted by atomic mass is 10.1. The number of anilines is 1. The molecule has 1 amide bonds. The second-order valence-corrected chi connectivity index (χ2v) is 6.35. The molecule has 24 heavy (non-hydrogen) atoms. The Labute approximate surface area is 141 Å². The highest BCUT2D eigenvalue weighted by Crippen LogP contribution is 2.26. The quantitative estimate of drug-likeness (QED) is 0.842. The molecule has 0 saturated carbocycles. The topological polar surface area (TPSA) is 62.2 Å². The summed E-state index contributed by atoms with van der Waals surface area (Å²) in [6, 6.07) is 3.62. The van der Waals surface area contributed by atoms with Gasteiger partial charge in [0, 0.05) is 50.6 Å². The largest absolute Gasteiger partial charge is 0.356 e. The van der Waals surface area contributed by atoms with Crippen LogP contribution in [0.2, 0.25) is 0 Å². The highest BCUT2D eigenvalue weighted by Gasteiger charge is 2.25. The van der Waals surface area contributed by atoms with Gasteiger partial charge in [0.15, 0.2) is 0 Å². The molecule has 2 aliphatic rings. The second kappa shape index (κ2) is 6.55. The molecule has 0 spiro atoms. The van der Waals surface area contributed by atoms with E-state index in [1.165, 1.54) is 18.4 Å². The Kier molecular flexibility index (Phi) is 4.11. The van der Waals surface area contributed by atoms with Gasteiger partial charge in [0.2, 0.25) is 0 Å². The fourth-order valence-corrected chi connectivity index (χ4v) is 3.59. The Morgan fingerprint density at radius 1 is 1.04 bits per heavy atom. The minimum atomic E-state index is 0.0478. The summed E-state index contributed by atoms with van der Waals surface area (Å²) < 4.78 is 0. The zero-order valence-electron chi connectivity index (χ0n) is 13.7. The maximum absolute atomic E-state index is 12.7. The van der Waals surface area contributed by atoms with Crippen LogP contribution >= 0.6 is 0 Å². The van der Waals surface area contributed by atoms with Gasteiger partial charge in [0.25, 0.3) is 5.91 Å². The normalized spacial score (nSPS) is 17.5. The molecule has 0 aliphatic carbocycles. The van der Waals surface area contributed by atoms with Gasteiger partial charge >= 0.3 is 0 Å². The minimum absolute atomic E-state index is 0.0478. The molecule has 6 nitrogen and oxygen atoms in total. The third-order valence-electron chi connectivity index (χ3n) is 4.86. The van der Waals surface area contributed by atoms with E-state index in [0.29, 0.717) is 18.7 Å². The van der Waals surface area contributed by atoms with E-state index in [1.807, 2.05) is 11.0 Å². The zero-order chi connectivity index (χ0) is 16.4. The van der Waals surface area contributed by atoms with Gasteiger partial charge in [0.05, 0.1) is 11.3 Å². The standard InChI is InChI=1S/C18H21N5O/c24-18(14-4-3-7-19-12-14)23-10-5-15-16(6-11-23)20-13-21-17(15)22-8-1-2-9-22/h3-4,7,12-13H,1-2,5-6,8-11H2. The van der Waals surface area contributed by atoms with Crippen molar-refractivity contribution in [1.29, 1.82) is 0 Å². The molecule has 2 aromatic rings. The molecule has 0 N–H and O–H groups in total. The van der Waals surface area contributed by atoms with E-state index >= 15 is 0 Å². The first-order chi connectivity index (χ1) is 11.8. The maximum atomic E-state index is 12.7. The van der Waals surface area contributed by atoms with Crippen LogP contribution in [0.4, 0.5) is 5.82 Å². The Bertz CT molecular complexity index is 727. The average molecular weight is 323 g/mol. The Morgan fingerprint density at radius 3 is 2.67 bits per heavy atom. The number of pyridine rings is 1. The van der Waals surface area contributed by atoms with Gasteiger partial charge in [-0.05, 0) is 31.4 Å². The number of aromatic nitrogens is 3. The maximum Gasteiger partial charge on any atom is 0.255 e. The van der Waals surface area contributed by atoms with Crippen molar-refractivity contribution in [1.82, 2.24) is 19.9 Å². The second-order valence-electron chi connectivity index (χ2n) is 6.35. The monoisotopic (exact) mass is 323 g/mol. The molecule has 0 unspecified atom stereocenters. The van der Waals surface area contributed by atoms with Gasteiger partial charge in [-0.1, -0.05) is 0 Å². The molecule has 0 aromatic carbocycles. The van der Waals surface area contributed by atoms with Crippen LogP contribution in [0.25, 0.3) is 0 Å². The van der Waals surface area contributed by atoms with E-state index in [2.05, 4.69) is 19.9 Å². The number of amides is 1. The molecule has 6 heteroatoms. The summed E-state index contributed by atoms with van der Waals surface area (Å²) >= 11 is 0. The lowest BCUT2D eigenvalue weighted by molar-refractivity contribution is 0.0762. The number of hydrogen-bond donors (Lipinski definition) is 0. The van der Waals surface area contributed by atoms with Crippen LogP contribution in [0, 0.1) is 0 Å². The molecule has 0 radical (unpaired) electrons. The first-order valence-corrected chi connectivity index (χ1v) is 8.60. The van der Waals surface area contributed by atoms with E-state index in [0.717, 1.165) is 37.4 Å². The van der Waals surface area contributed by atoms with Gasteiger partial charge in [-0.2, -0.15) is 0 Å². The highest BCUT2D eigenvalue weighted by molar-refractivity contribution is 5.93. The van der Waals surface area contributed by atoms with E-state index in [-0.39, 0.29) is 5.91 Å². The number of fused-ring (bicyclic) bond motifs is 1. The molecule has 124 valence electrons. The Balaban J connectivity index is 1.56. The fraction of sp³-hybridized carbons (Fsp3) is 0.444. The Morgan fingerprint density at radius 2 is 1.88 bits per heavy atom. The summed E-state index contributed by atoms with van der Waals surface area (Å²) in [5.74, 6) is 1.12. The molecular weight excluding hydrogens is 302 g/mol. The summed E-state index contributed by atoms with van der Waals surface area (Å²) in [5, 5.41) is 0. The summed E-state index contributed by atoms with van der Waals surface area (Å²) in [7, 11) is 0. The van der Waals surface area contributed by atoms with Crippen LogP contribution in [-0.4, -0.2) is 51.9 Å². The van der Waals surface area contributed by atoms with Gasteiger partial charge in [-0.3, -0.25) is 9.78 Å². The van der Waals surface area contributed by atoms with Crippen molar-refractivity contribution in [3.8, 4) is 0 Å². The molecular formula is C18H21N5O. The molecule has 0 bridgehead atoms. The van der Waals surface area contributed by atoms with Crippen molar-refractivity contribution in [2.45, 2.75) is 25.7 Å². The van der Waals surface area contributed by atoms with E-state index in [1.54, 1.807) is 24.8 Å². The van der Waals surface area contributed by atoms with E-state index in [9.17, 15) is 4.79 Å². The minimum Gasteiger partial charge on any atom is -0.356 e. The summed E-state index contributed by atoms with van der Waals surface area (Å²) in [5.41, 5.74) is 2.96. The number of hydrogen-bond acceptors (Lipinski definition) is 5. The number of nitrogens with zero attached hydrogens (tertiary/aromatic N) is 5. The zero-order valence-corrected chi connectivity index (χ0v) is 13.7. The van der Waals surface area contributed by atoms with Crippen molar-refractivity contribution >= 4 is 11.7 Å². The Hall–Kier alpha value is -2.50. The third-order valence-corrected chi connectivity index (χ3v) is 4.86. The molecule has 1 fully saturated rings. The first-order valence-electron chi connectivity index (χ1n) is 8.60. The van der Waals surface area contributed by atoms with Crippen molar-refractivity contribution in [3.63, 3.8) is 0 Å². The molecule has 4 heterocycles. The summed E-state index contributed by atoms with van der Waals surface area (Å²) in [6.07, 6.45) is 9.04. The van der Waals surface area contributed by atoms with Crippen LogP contribution in [0.5, 0.6) is 0 Å². The first kappa shape index (κ1) is 15.1. The van der Waals surface area contributed by atoms with Gasteiger partial charge in [-0.15, -0.1) is 0 Å². The van der Waals surface area contributed by atoms with E-state index < -0.39 is 0 Å². The molecule has 4 rings (SSSR count). The average Bonchev–Trinajstić information content (AvgIpc) is 3.08. The lowest BCUT2D eigenvalue weighted by Gasteiger charge is -2.21. The lowest BCUT2D eigenvalue weighted by Crippen LogP contribution is -2.33. The SMILES string of the molecule is O=C(c1cccnc1)N1CCc2ncnc(N3CCCC3)c2CC1. The van der Waals surface area contributed by atoms with E-state index in [4.69, 9.17) is 0 Å². The van der Waals surface area contributed by atoms with Crippen LogP contribution in [0.3, 0.4) is 0 Å². The predicted molar refractivity (Wildman–Crippen MR) is 91.0 cm³/mol. The molecule has 2 aromatic heterocycles.